The van der Waals surface area contributed by atoms with Gasteiger partial charge in [-0.2, -0.15) is 4.98 Å². The average Bonchev–Trinajstić information content (AvgIpc) is 2.12. The molecule has 0 spiro atoms. The van der Waals surface area contributed by atoms with E-state index in [-0.39, 0.29) is 29.7 Å². The van der Waals surface area contributed by atoms with Gasteiger partial charge in [0, 0.05) is 6.07 Å². The molecule has 15 heavy (non-hydrogen) atoms. The maximum atomic E-state index is 9.13. The molecule has 0 saturated carbocycles. The van der Waals surface area contributed by atoms with Crippen LogP contribution in [0.3, 0.4) is 0 Å². The lowest BCUT2D eigenvalue weighted by molar-refractivity contribution is 0.249. The van der Waals surface area contributed by atoms with Gasteiger partial charge in [0.25, 0.3) is 0 Å². The number of nitrogens with zero attached hydrogens (tertiary/aromatic N) is 2. The molecule has 84 valence electrons. The molecule has 1 aromatic heterocycles. The van der Waals surface area contributed by atoms with Crippen molar-refractivity contribution in [1.29, 1.82) is 0 Å². The third-order valence-electron chi connectivity index (χ3n) is 2.05. The van der Waals surface area contributed by atoms with Crippen molar-refractivity contribution in [2.45, 2.75) is 19.9 Å². The summed E-state index contributed by atoms with van der Waals surface area (Å²) in [7, 11) is 0. The second kappa shape index (κ2) is 5.14. The minimum absolute atomic E-state index is 0.0270. The van der Waals surface area contributed by atoms with Crippen molar-refractivity contribution < 1.29 is 5.11 Å². The van der Waals surface area contributed by atoms with Crippen molar-refractivity contribution in [1.82, 2.24) is 9.97 Å². The number of anilines is 2. The molecule has 0 aliphatic rings. The first kappa shape index (κ1) is 12.0. The summed E-state index contributed by atoms with van der Waals surface area (Å²) in [5.41, 5.74) is 5.44. The molecule has 0 aliphatic carbocycles. The largest absolute Gasteiger partial charge is 0.394 e. The minimum atomic E-state index is -0.0737. The predicted molar refractivity (Wildman–Crippen MR) is 60.8 cm³/mol. The van der Waals surface area contributed by atoms with Gasteiger partial charge in [-0.25, -0.2) is 4.98 Å². The molecule has 0 aliphatic heterocycles. The van der Waals surface area contributed by atoms with Crippen molar-refractivity contribution in [2.24, 2.45) is 5.92 Å². The molecule has 1 atom stereocenters. The van der Waals surface area contributed by atoms with E-state index in [2.05, 4.69) is 15.3 Å². The lowest BCUT2D eigenvalue weighted by atomic mass is 10.1. The van der Waals surface area contributed by atoms with Gasteiger partial charge in [0.05, 0.1) is 12.6 Å². The van der Waals surface area contributed by atoms with E-state index in [1.165, 1.54) is 0 Å². The second-order valence-electron chi connectivity index (χ2n) is 3.61. The van der Waals surface area contributed by atoms with Crippen LogP contribution in [0.4, 0.5) is 11.8 Å². The van der Waals surface area contributed by atoms with E-state index in [1.54, 1.807) is 6.07 Å². The highest BCUT2D eigenvalue weighted by atomic mass is 35.5. The Labute approximate surface area is 93.7 Å². The Morgan fingerprint density at radius 2 is 2.20 bits per heavy atom. The summed E-state index contributed by atoms with van der Waals surface area (Å²) in [6.07, 6.45) is 0. The van der Waals surface area contributed by atoms with Crippen LogP contribution < -0.4 is 11.1 Å². The molecule has 5 nitrogen and oxygen atoms in total. The third kappa shape index (κ3) is 3.53. The highest BCUT2D eigenvalue weighted by molar-refractivity contribution is 6.29. The van der Waals surface area contributed by atoms with E-state index in [0.29, 0.717) is 5.82 Å². The van der Waals surface area contributed by atoms with Gasteiger partial charge in [-0.15, -0.1) is 0 Å². The van der Waals surface area contributed by atoms with Gasteiger partial charge >= 0.3 is 0 Å². The van der Waals surface area contributed by atoms with Crippen LogP contribution >= 0.6 is 11.6 Å². The number of hydrogen-bond acceptors (Lipinski definition) is 5. The van der Waals surface area contributed by atoms with E-state index < -0.39 is 0 Å². The molecule has 0 saturated heterocycles. The maximum absolute atomic E-state index is 9.13. The topological polar surface area (TPSA) is 84.1 Å². The summed E-state index contributed by atoms with van der Waals surface area (Å²) in [6, 6.07) is 1.50. The van der Waals surface area contributed by atoms with Crippen LogP contribution in [-0.2, 0) is 0 Å². The summed E-state index contributed by atoms with van der Waals surface area (Å²) >= 11 is 5.72. The van der Waals surface area contributed by atoms with E-state index >= 15 is 0 Å². The SMILES string of the molecule is CC(C)C(CO)Nc1cc(Cl)nc(N)n1. The number of nitrogens with one attached hydrogen (secondary N) is 1. The minimum Gasteiger partial charge on any atom is -0.394 e. The van der Waals surface area contributed by atoms with Crippen molar-refractivity contribution in [3.8, 4) is 0 Å². The summed E-state index contributed by atoms with van der Waals surface area (Å²) in [5.74, 6) is 0.927. The molecule has 0 bridgehead atoms. The van der Waals surface area contributed by atoms with Crippen LogP contribution in [-0.4, -0.2) is 27.7 Å². The number of aromatic nitrogens is 2. The fourth-order valence-electron chi connectivity index (χ4n) is 1.12. The average molecular weight is 231 g/mol. The third-order valence-corrected chi connectivity index (χ3v) is 2.24. The highest BCUT2D eigenvalue weighted by Crippen LogP contribution is 2.15. The molecule has 0 fully saturated rings. The Kier molecular flexibility index (Phi) is 4.11. The van der Waals surface area contributed by atoms with Crippen molar-refractivity contribution in [3.05, 3.63) is 11.2 Å². The van der Waals surface area contributed by atoms with Gasteiger partial charge in [0.2, 0.25) is 5.95 Å². The number of halogens is 1. The lowest BCUT2D eigenvalue weighted by Gasteiger charge is -2.20. The van der Waals surface area contributed by atoms with Crippen molar-refractivity contribution >= 4 is 23.4 Å². The van der Waals surface area contributed by atoms with Crippen LogP contribution in [0, 0.1) is 5.92 Å². The van der Waals surface area contributed by atoms with Crippen LogP contribution in [0.25, 0.3) is 0 Å². The van der Waals surface area contributed by atoms with Gasteiger partial charge in [0.1, 0.15) is 11.0 Å². The first-order valence-corrected chi connectivity index (χ1v) is 5.08. The standard InChI is InChI=1S/C9H15ClN4O/c1-5(2)6(4-15)12-8-3-7(10)13-9(11)14-8/h3,5-6,15H,4H2,1-2H3,(H3,11,12,13,14). The first-order chi connectivity index (χ1) is 7.02. The molecule has 0 amide bonds. The summed E-state index contributed by atoms with van der Waals surface area (Å²) in [4.78, 5) is 7.71. The maximum Gasteiger partial charge on any atom is 0.223 e. The molecular formula is C9H15ClN4O. The molecule has 1 heterocycles. The Hall–Kier alpha value is -1.07. The van der Waals surface area contributed by atoms with E-state index in [1.807, 2.05) is 13.8 Å². The molecule has 4 N–H and O–H groups in total. The zero-order chi connectivity index (χ0) is 11.4. The van der Waals surface area contributed by atoms with Gasteiger partial charge in [-0.1, -0.05) is 25.4 Å². The first-order valence-electron chi connectivity index (χ1n) is 4.70. The van der Waals surface area contributed by atoms with Gasteiger partial charge < -0.3 is 16.2 Å². The van der Waals surface area contributed by atoms with Gasteiger partial charge in [0.15, 0.2) is 0 Å². The van der Waals surface area contributed by atoms with Crippen LogP contribution in [0.1, 0.15) is 13.8 Å². The Balaban J connectivity index is 2.79. The molecule has 6 heteroatoms. The van der Waals surface area contributed by atoms with E-state index in [9.17, 15) is 0 Å². The zero-order valence-corrected chi connectivity index (χ0v) is 9.49. The molecule has 1 rings (SSSR count). The summed E-state index contributed by atoms with van der Waals surface area (Å²) in [5, 5.41) is 12.5. The number of rotatable bonds is 4. The number of nitrogen functional groups attached to an aromatic ring is 1. The van der Waals surface area contributed by atoms with E-state index in [4.69, 9.17) is 22.4 Å². The lowest BCUT2D eigenvalue weighted by Crippen LogP contribution is -2.30. The van der Waals surface area contributed by atoms with Crippen molar-refractivity contribution in [2.75, 3.05) is 17.7 Å². The predicted octanol–water partition coefficient (Wildman–Crippen LogP) is 1.14. The molecule has 0 radical (unpaired) electrons. The fourth-order valence-corrected chi connectivity index (χ4v) is 1.31. The van der Waals surface area contributed by atoms with Gasteiger partial charge in [-0.05, 0) is 5.92 Å². The van der Waals surface area contributed by atoms with E-state index in [0.717, 1.165) is 0 Å². The molecule has 0 aromatic carbocycles. The quantitative estimate of drug-likeness (QED) is 0.676. The monoisotopic (exact) mass is 230 g/mol. The van der Waals surface area contributed by atoms with Crippen molar-refractivity contribution in [3.63, 3.8) is 0 Å². The molecule has 1 aromatic rings. The smallest absolute Gasteiger partial charge is 0.223 e. The normalized spacial score (nSPS) is 12.9. The highest BCUT2D eigenvalue weighted by Gasteiger charge is 2.12. The number of nitrogens with two attached hydrogens (primary N) is 1. The number of hydrogen-bond donors (Lipinski definition) is 3. The van der Waals surface area contributed by atoms with Crippen LogP contribution in [0.5, 0.6) is 0 Å². The van der Waals surface area contributed by atoms with Crippen LogP contribution in [0.2, 0.25) is 5.15 Å². The molecular weight excluding hydrogens is 216 g/mol. The Morgan fingerprint density at radius 3 is 2.67 bits per heavy atom. The summed E-state index contributed by atoms with van der Waals surface area (Å²) in [6.45, 7) is 4.03. The Bertz CT molecular complexity index is 312. The zero-order valence-electron chi connectivity index (χ0n) is 8.74. The number of aliphatic hydroxyl groups is 1. The second-order valence-corrected chi connectivity index (χ2v) is 4.00. The summed E-state index contributed by atoms with van der Waals surface area (Å²) < 4.78 is 0. The number of aliphatic hydroxyl groups excluding tert-OH is 1. The van der Waals surface area contributed by atoms with Crippen LogP contribution in [0.15, 0.2) is 6.07 Å². The Morgan fingerprint density at radius 1 is 1.53 bits per heavy atom. The fraction of sp³-hybridized carbons (Fsp3) is 0.556. The molecule has 1 unspecified atom stereocenters. The van der Waals surface area contributed by atoms with Gasteiger partial charge in [-0.3, -0.25) is 0 Å².